The molecule has 0 spiro atoms. The Bertz CT molecular complexity index is 668. The first-order valence-corrected chi connectivity index (χ1v) is 8.17. The Labute approximate surface area is 141 Å². The van der Waals surface area contributed by atoms with Crippen molar-refractivity contribution in [3.63, 3.8) is 0 Å². The van der Waals surface area contributed by atoms with Crippen LogP contribution < -0.4 is 10.2 Å². The van der Waals surface area contributed by atoms with Crippen LogP contribution in [0.4, 0.5) is 16.2 Å². The van der Waals surface area contributed by atoms with Crippen molar-refractivity contribution in [2.75, 3.05) is 23.3 Å². The van der Waals surface area contributed by atoms with E-state index < -0.39 is 0 Å². The topological polar surface area (TPSA) is 52.7 Å². The second kappa shape index (κ2) is 7.64. The Morgan fingerprint density at radius 3 is 2.17 bits per heavy atom. The summed E-state index contributed by atoms with van der Waals surface area (Å²) in [5.41, 5.74) is 1.64. The number of nitrogens with zero attached hydrogens (tertiary/aromatic N) is 2. The maximum atomic E-state index is 12.9. The maximum Gasteiger partial charge on any atom is 0.326 e. The van der Waals surface area contributed by atoms with Crippen molar-refractivity contribution in [1.82, 2.24) is 4.90 Å². The summed E-state index contributed by atoms with van der Waals surface area (Å²) in [6.45, 7) is 1.35. The van der Waals surface area contributed by atoms with Gasteiger partial charge in [-0.15, -0.1) is 0 Å². The molecule has 5 nitrogen and oxygen atoms in total. The fraction of sp³-hybridized carbons (Fsp3) is 0.263. The van der Waals surface area contributed by atoms with Gasteiger partial charge >= 0.3 is 6.03 Å². The van der Waals surface area contributed by atoms with Crippen LogP contribution in [0.2, 0.25) is 0 Å². The van der Waals surface area contributed by atoms with Gasteiger partial charge in [-0.25, -0.2) is 4.79 Å². The van der Waals surface area contributed by atoms with Gasteiger partial charge in [0.25, 0.3) is 0 Å². The van der Waals surface area contributed by atoms with Crippen molar-refractivity contribution in [3.05, 3.63) is 60.7 Å². The number of carbonyl (C=O) groups is 2. The average molecular weight is 323 g/mol. The molecule has 0 aromatic heterocycles. The van der Waals surface area contributed by atoms with Gasteiger partial charge < -0.3 is 10.2 Å². The first-order chi connectivity index (χ1) is 11.8. The van der Waals surface area contributed by atoms with E-state index in [9.17, 15) is 9.59 Å². The van der Waals surface area contributed by atoms with E-state index in [2.05, 4.69) is 5.32 Å². The van der Waals surface area contributed by atoms with Crippen LogP contribution in [0.3, 0.4) is 0 Å². The number of benzene rings is 2. The monoisotopic (exact) mass is 323 g/mol. The Hall–Kier alpha value is -2.82. The van der Waals surface area contributed by atoms with E-state index in [1.54, 1.807) is 4.90 Å². The number of para-hydroxylation sites is 2. The highest BCUT2D eigenvalue weighted by Gasteiger charge is 2.28. The minimum Gasteiger partial charge on any atom is -0.345 e. The van der Waals surface area contributed by atoms with E-state index in [1.807, 2.05) is 65.6 Å². The molecule has 0 radical (unpaired) electrons. The van der Waals surface area contributed by atoms with E-state index >= 15 is 0 Å². The molecule has 0 unspecified atom stereocenters. The first kappa shape index (κ1) is 16.1. The van der Waals surface area contributed by atoms with Gasteiger partial charge in [-0.05, 0) is 37.1 Å². The molecule has 0 aliphatic carbocycles. The van der Waals surface area contributed by atoms with Crippen LogP contribution in [-0.2, 0) is 4.79 Å². The van der Waals surface area contributed by atoms with E-state index in [-0.39, 0.29) is 12.1 Å². The zero-order chi connectivity index (χ0) is 16.8. The molecule has 24 heavy (non-hydrogen) atoms. The quantitative estimate of drug-likeness (QED) is 0.877. The van der Waals surface area contributed by atoms with Gasteiger partial charge in [0.05, 0.1) is 0 Å². The zero-order valence-corrected chi connectivity index (χ0v) is 13.5. The second-order valence-corrected chi connectivity index (χ2v) is 5.87. The van der Waals surface area contributed by atoms with Gasteiger partial charge in [-0.3, -0.25) is 9.69 Å². The van der Waals surface area contributed by atoms with Gasteiger partial charge in [-0.1, -0.05) is 36.4 Å². The van der Waals surface area contributed by atoms with Crippen LogP contribution in [0.1, 0.15) is 12.8 Å². The Balaban J connectivity index is 1.80. The number of rotatable bonds is 4. The summed E-state index contributed by atoms with van der Waals surface area (Å²) in [5, 5.41) is 2.97. The summed E-state index contributed by atoms with van der Waals surface area (Å²) < 4.78 is 0. The lowest BCUT2D eigenvalue weighted by atomic mass is 10.0. The summed E-state index contributed by atoms with van der Waals surface area (Å²) in [6.07, 6.45) is 2.43. The summed E-state index contributed by atoms with van der Waals surface area (Å²) in [6, 6.07) is 19.1. The molecular formula is C19H21N3O2. The van der Waals surface area contributed by atoms with Crippen molar-refractivity contribution < 1.29 is 9.59 Å². The van der Waals surface area contributed by atoms with E-state index in [4.69, 9.17) is 0 Å². The van der Waals surface area contributed by atoms with Crippen LogP contribution in [0.25, 0.3) is 0 Å². The average Bonchev–Trinajstić information content (AvgIpc) is 2.64. The third-order valence-electron chi connectivity index (χ3n) is 4.29. The molecule has 1 N–H and O–H groups in total. The second-order valence-electron chi connectivity index (χ2n) is 5.87. The molecule has 3 rings (SSSR count). The number of hydrogen-bond acceptors (Lipinski definition) is 2. The van der Waals surface area contributed by atoms with Crippen molar-refractivity contribution >= 4 is 23.8 Å². The van der Waals surface area contributed by atoms with Gasteiger partial charge in [0.2, 0.25) is 6.41 Å². The van der Waals surface area contributed by atoms with Crippen LogP contribution in [0.5, 0.6) is 0 Å². The Morgan fingerprint density at radius 1 is 1.00 bits per heavy atom. The number of anilines is 2. The molecule has 0 saturated carbocycles. The molecule has 2 aromatic rings. The van der Waals surface area contributed by atoms with Gasteiger partial charge in [0.1, 0.15) is 0 Å². The molecule has 1 saturated heterocycles. The lowest BCUT2D eigenvalue weighted by molar-refractivity contribution is -0.119. The van der Waals surface area contributed by atoms with Gasteiger partial charge in [0, 0.05) is 30.5 Å². The minimum absolute atomic E-state index is 0.0762. The summed E-state index contributed by atoms with van der Waals surface area (Å²) >= 11 is 0. The largest absolute Gasteiger partial charge is 0.345 e. The number of amides is 3. The van der Waals surface area contributed by atoms with Crippen LogP contribution >= 0.6 is 0 Å². The standard InChI is InChI=1S/C19H21N3O2/c23-15-21-13-11-18(12-14-21)22(17-9-5-2-6-10-17)19(24)20-16-7-3-1-4-8-16/h1-10,15,18H,11-14H2,(H,20,24). The van der Waals surface area contributed by atoms with Crippen molar-refractivity contribution in [3.8, 4) is 0 Å². The highest BCUT2D eigenvalue weighted by atomic mass is 16.2. The molecule has 1 heterocycles. The van der Waals surface area contributed by atoms with Crippen LogP contribution in [0.15, 0.2) is 60.7 Å². The molecule has 1 fully saturated rings. The Morgan fingerprint density at radius 2 is 1.58 bits per heavy atom. The number of likely N-dealkylation sites (tertiary alicyclic amines) is 1. The molecule has 3 amide bonds. The van der Waals surface area contributed by atoms with Crippen LogP contribution in [0, 0.1) is 0 Å². The fourth-order valence-corrected chi connectivity index (χ4v) is 3.04. The molecule has 0 bridgehead atoms. The van der Waals surface area contributed by atoms with E-state index in [0.717, 1.165) is 30.6 Å². The smallest absolute Gasteiger partial charge is 0.326 e. The zero-order valence-electron chi connectivity index (χ0n) is 13.5. The summed E-state index contributed by atoms with van der Waals surface area (Å²) in [4.78, 5) is 27.4. The molecule has 0 atom stereocenters. The predicted molar refractivity (Wildman–Crippen MR) is 95.0 cm³/mol. The molecular weight excluding hydrogens is 302 g/mol. The summed E-state index contributed by atoms with van der Waals surface area (Å²) in [5.74, 6) is 0. The number of hydrogen-bond donors (Lipinski definition) is 1. The normalized spacial score (nSPS) is 14.9. The lowest BCUT2D eigenvalue weighted by Gasteiger charge is -2.37. The lowest BCUT2D eigenvalue weighted by Crippen LogP contribution is -2.48. The number of piperidine rings is 1. The number of carbonyl (C=O) groups excluding carboxylic acids is 2. The molecule has 2 aromatic carbocycles. The predicted octanol–water partition coefficient (Wildman–Crippen LogP) is 3.35. The first-order valence-electron chi connectivity index (χ1n) is 8.17. The molecule has 124 valence electrons. The minimum atomic E-state index is -0.142. The van der Waals surface area contributed by atoms with E-state index in [1.165, 1.54) is 0 Å². The summed E-state index contributed by atoms with van der Waals surface area (Å²) in [7, 11) is 0. The van der Waals surface area contributed by atoms with Crippen molar-refractivity contribution in [2.24, 2.45) is 0 Å². The molecule has 1 aliphatic heterocycles. The van der Waals surface area contributed by atoms with Gasteiger partial charge in [0.15, 0.2) is 0 Å². The maximum absolute atomic E-state index is 12.9. The van der Waals surface area contributed by atoms with Crippen molar-refractivity contribution in [1.29, 1.82) is 0 Å². The van der Waals surface area contributed by atoms with Gasteiger partial charge in [-0.2, -0.15) is 0 Å². The fourth-order valence-electron chi connectivity index (χ4n) is 3.04. The number of urea groups is 1. The van der Waals surface area contributed by atoms with Crippen molar-refractivity contribution in [2.45, 2.75) is 18.9 Å². The highest BCUT2D eigenvalue weighted by Crippen LogP contribution is 2.24. The number of nitrogens with one attached hydrogen (secondary N) is 1. The Kier molecular flexibility index (Phi) is 5.11. The van der Waals surface area contributed by atoms with Crippen LogP contribution in [-0.4, -0.2) is 36.5 Å². The molecule has 5 heteroatoms. The highest BCUT2D eigenvalue weighted by molar-refractivity contribution is 6.02. The molecule has 1 aliphatic rings. The third kappa shape index (κ3) is 3.74. The third-order valence-corrected chi connectivity index (χ3v) is 4.29. The van der Waals surface area contributed by atoms with E-state index in [0.29, 0.717) is 13.1 Å². The SMILES string of the molecule is O=CN1CCC(N(C(=O)Nc2ccccc2)c2ccccc2)CC1.